The average Bonchev–Trinajstić information content (AvgIpc) is 2.35. The van der Waals surface area contributed by atoms with E-state index in [1.54, 1.807) is 0 Å². The number of terminal acetylenes is 1. The Bertz CT molecular complexity index is 409. The molecular weight excluding hydrogens is 208 g/mol. The van der Waals surface area contributed by atoms with Gasteiger partial charge in [-0.1, -0.05) is 50.1 Å². The zero-order chi connectivity index (χ0) is 12.7. The lowest BCUT2D eigenvalue weighted by Crippen LogP contribution is -2.35. The molecular formula is C15H18N2. The summed E-state index contributed by atoms with van der Waals surface area (Å²) in [6.07, 6.45) is 5.93. The summed E-state index contributed by atoms with van der Waals surface area (Å²) in [6.45, 7) is 4.15. The SMILES string of the molecule is C#CC(NC(CC#N)c1ccccc1)C(C)C. The van der Waals surface area contributed by atoms with Gasteiger partial charge in [0.1, 0.15) is 0 Å². The van der Waals surface area contributed by atoms with Gasteiger partial charge in [0.15, 0.2) is 0 Å². The maximum Gasteiger partial charge on any atom is 0.0715 e. The molecule has 0 aromatic heterocycles. The minimum absolute atomic E-state index is 0.00431. The molecule has 0 amide bonds. The second kappa shape index (κ2) is 6.74. The van der Waals surface area contributed by atoms with Gasteiger partial charge in [0, 0.05) is 6.04 Å². The Kier molecular flexibility index (Phi) is 5.27. The third-order valence-corrected chi connectivity index (χ3v) is 2.72. The Morgan fingerprint density at radius 3 is 2.41 bits per heavy atom. The maximum atomic E-state index is 8.88. The van der Waals surface area contributed by atoms with Crippen LogP contribution in [0.15, 0.2) is 30.3 Å². The van der Waals surface area contributed by atoms with Crippen molar-refractivity contribution in [2.24, 2.45) is 5.92 Å². The molecule has 2 heteroatoms. The fourth-order valence-corrected chi connectivity index (χ4v) is 1.70. The lowest BCUT2D eigenvalue weighted by molar-refractivity contribution is 0.418. The predicted molar refractivity (Wildman–Crippen MR) is 70.0 cm³/mol. The highest BCUT2D eigenvalue weighted by Crippen LogP contribution is 2.18. The highest BCUT2D eigenvalue weighted by atomic mass is 14.9. The molecule has 0 radical (unpaired) electrons. The van der Waals surface area contributed by atoms with Crippen molar-refractivity contribution in [1.82, 2.24) is 5.32 Å². The van der Waals surface area contributed by atoms with E-state index in [0.717, 1.165) is 5.56 Å². The molecule has 0 spiro atoms. The van der Waals surface area contributed by atoms with Crippen molar-refractivity contribution in [1.29, 1.82) is 5.26 Å². The molecule has 17 heavy (non-hydrogen) atoms. The Balaban J connectivity index is 2.81. The molecule has 1 N–H and O–H groups in total. The molecule has 2 atom stereocenters. The van der Waals surface area contributed by atoms with Gasteiger partial charge in [-0.05, 0) is 11.5 Å². The quantitative estimate of drug-likeness (QED) is 0.784. The van der Waals surface area contributed by atoms with Gasteiger partial charge in [0.05, 0.1) is 18.5 Å². The molecule has 1 aromatic carbocycles. The minimum Gasteiger partial charge on any atom is -0.296 e. The van der Waals surface area contributed by atoms with Crippen LogP contribution in [0.2, 0.25) is 0 Å². The molecule has 0 saturated carbocycles. The van der Waals surface area contributed by atoms with Gasteiger partial charge >= 0.3 is 0 Å². The van der Waals surface area contributed by atoms with Crippen molar-refractivity contribution in [3.63, 3.8) is 0 Å². The fraction of sp³-hybridized carbons (Fsp3) is 0.400. The summed E-state index contributed by atoms with van der Waals surface area (Å²) in [7, 11) is 0. The zero-order valence-corrected chi connectivity index (χ0v) is 10.4. The molecule has 0 fully saturated rings. The number of rotatable bonds is 5. The third kappa shape index (κ3) is 3.94. The number of hydrogen-bond donors (Lipinski definition) is 1. The molecule has 0 aliphatic carbocycles. The molecule has 2 nitrogen and oxygen atoms in total. The summed E-state index contributed by atoms with van der Waals surface area (Å²) < 4.78 is 0. The number of nitriles is 1. The highest BCUT2D eigenvalue weighted by molar-refractivity contribution is 5.21. The van der Waals surface area contributed by atoms with E-state index in [4.69, 9.17) is 11.7 Å². The molecule has 1 rings (SSSR count). The Morgan fingerprint density at radius 1 is 1.29 bits per heavy atom. The van der Waals surface area contributed by atoms with Crippen LogP contribution >= 0.6 is 0 Å². The normalized spacial score (nSPS) is 13.7. The maximum absolute atomic E-state index is 8.88. The largest absolute Gasteiger partial charge is 0.296 e. The van der Waals surface area contributed by atoms with Crippen LogP contribution in [-0.4, -0.2) is 6.04 Å². The summed E-state index contributed by atoms with van der Waals surface area (Å²) in [4.78, 5) is 0. The summed E-state index contributed by atoms with van der Waals surface area (Å²) >= 11 is 0. The van der Waals surface area contributed by atoms with Crippen LogP contribution in [0, 0.1) is 29.6 Å². The molecule has 2 unspecified atom stereocenters. The van der Waals surface area contributed by atoms with Crippen molar-refractivity contribution in [2.45, 2.75) is 32.4 Å². The van der Waals surface area contributed by atoms with Gasteiger partial charge in [-0.25, -0.2) is 0 Å². The van der Waals surface area contributed by atoms with Crippen molar-refractivity contribution in [2.75, 3.05) is 0 Å². The lowest BCUT2D eigenvalue weighted by Gasteiger charge is -2.23. The van der Waals surface area contributed by atoms with E-state index in [9.17, 15) is 0 Å². The molecule has 0 heterocycles. The lowest BCUT2D eigenvalue weighted by atomic mass is 9.99. The third-order valence-electron chi connectivity index (χ3n) is 2.72. The van der Waals surface area contributed by atoms with E-state index in [-0.39, 0.29) is 12.1 Å². The Hall–Kier alpha value is -1.77. The standard InChI is InChI=1S/C15H18N2/c1-4-14(12(2)3)17-15(10-11-16)13-8-6-5-7-9-13/h1,5-9,12,14-15,17H,10H2,2-3H3. The zero-order valence-electron chi connectivity index (χ0n) is 10.4. The second-order valence-corrected chi connectivity index (χ2v) is 4.38. The monoisotopic (exact) mass is 226 g/mol. The molecule has 0 aliphatic rings. The van der Waals surface area contributed by atoms with Crippen LogP contribution in [0.4, 0.5) is 0 Å². The van der Waals surface area contributed by atoms with Crippen molar-refractivity contribution >= 4 is 0 Å². The molecule has 0 saturated heterocycles. The molecule has 0 aliphatic heterocycles. The van der Waals surface area contributed by atoms with Gasteiger partial charge in [-0.3, -0.25) is 5.32 Å². The first-order valence-electron chi connectivity index (χ1n) is 5.83. The van der Waals surface area contributed by atoms with Gasteiger partial charge < -0.3 is 0 Å². The molecule has 0 bridgehead atoms. The van der Waals surface area contributed by atoms with Crippen LogP contribution in [-0.2, 0) is 0 Å². The molecule has 88 valence electrons. The Labute approximate surface area is 104 Å². The first kappa shape index (κ1) is 13.3. The van der Waals surface area contributed by atoms with Crippen LogP contribution < -0.4 is 5.32 Å². The van der Waals surface area contributed by atoms with E-state index in [1.165, 1.54) is 0 Å². The van der Waals surface area contributed by atoms with Gasteiger partial charge in [-0.2, -0.15) is 5.26 Å². The van der Waals surface area contributed by atoms with Crippen LogP contribution in [0.3, 0.4) is 0 Å². The van der Waals surface area contributed by atoms with Gasteiger partial charge in [0.2, 0.25) is 0 Å². The summed E-state index contributed by atoms with van der Waals surface area (Å²) in [6, 6.07) is 12.1. The van der Waals surface area contributed by atoms with E-state index in [1.807, 2.05) is 30.3 Å². The van der Waals surface area contributed by atoms with Gasteiger partial charge in [-0.15, -0.1) is 6.42 Å². The number of nitrogens with one attached hydrogen (secondary N) is 1. The van der Waals surface area contributed by atoms with E-state index in [0.29, 0.717) is 12.3 Å². The van der Waals surface area contributed by atoms with Crippen molar-refractivity contribution < 1.29 is 0 Å². The summed E-state index contributed by atoms with van der Waals surface area (Å²) in [5, 5.41) is 12.2. The van der Waals surface area contributed by atoms with E-state index < -0.39 is 0 Å². The fourth-order valence-electron chi connectivity index (χ4n) is 1.70. The van der Waals surface area contributed by atoms with Crippen molar-refractivity contribution in [3.8, 4) is 18.4 Å². The predicted octanol–water partition coefficient (Wildman–Crippen LogP) is 2.89. The first-order valence-corrected chi connectivity index (χ1v) is 5.83. The Morgan fingerprint density at radius 2 is 1.94 bits per heavy atom. The summed E-state index contributed by atoms with van der Waals surface area (Å²) in [5.41, 5.74) is 1.11. The second-order valence-electron chi connectivity index (χ2n) is 4.38. The van der Waals surface area contributed by atoms with Gasteiger partial charge in [0.25, 0.3) is 0 Å². The first-order chi connectivity index (χ1) is 8.19. The van der Waals surface area contributed by atoms with Crippen LogP contribution in [0.25, 0.3) is 0 Å². The average molecular weight is 226 g/mol. The van der Waals surface area contributed by atoms with Crippen LogP contribution in [0.1, 0.15) is 31.9 Å². The number of hydrogen-bond acceptors (Lipinski definition) is 2. The minimum atomic E-state index is -0.00597. The van der Waals surface area contributed by atoms with Crippen LogP contribution in [0.5, 0.6) is 0 Å². The number of nitrogens with zero attached hydrogens (tertiary/aromatic N) is 1. The molecule has 1 aromatic rings. The topological polar surface area (TPSA) is 35.8 Å². The highest BCUT2D eigenvalue weighted by Gasteiger charge is 2.17. The van der Waals surface area contributed by atoms with E-state index >= 15 is 0 Å². The van der Waals surface area contributed by atoms with Crippen molar-refractivity contribution in [3.05, 3.63) is 35.9 Å². The number of benzene rings is 1. The van der Waals surface area contributed by atoms with E-state index in [2.05, 4.69) is 31.2 Å². The smallest absolute Gasteiger partial charge is 0.0715 e. The summed E-state index contributed by atoms with van der Waals surface area (Å²) in [5.74, 6) is 3.09.